The first kappa shape index (κ1) is 18.9. The molecule has 6 heteroatoms. The van der Waals surface area contributed by atoms with Crippen molar-refractivity contribution in [3.8, 4) is 0 Å². The molecule has 1 aliphatic rings. The van der Waals surface area contributed by atoms with Gasteiger partial charge in [-0.2, -0.15) is 0 Å². The van der Waals surface area contributed by atoms with E-state index in [0.717, 1.165) is 5.69 Å². The lowest BCUT2D eigenvalue weighted by molar-refractivity contribution is -0.116. The van der Waals surface area contributed by atoms with E-state index in [0.29, 0.717) is 35.4 Å². The average molecular weight is 368 g/mol. The Hall–Kier alpha value is -2.89. The fraction of sp³-hybridized carbons (Fsp3) is 0.381. The molecule has 2 amide bonds. The summed E-state index contributed by atoms with van der Waals surface area (Å²) < 4.78 is 5.78. The maximum Gasteiger partial charge on any atom is 0.291 e. The predicted molar refractivity (Wildman–Crippen MR) is 103 cm³/mol. The summed E-state index contributed by atoms with van der Waals surface area (Å²) in [6.07, 6.45) is 1.08. The van der Waals surface area contributed by atoms with Gasteiger partial charge in [0.15, 0.2) is 11.5 Å². The van der Waals surface area contributed by atoms with Crippen LogP contribution in [-0.4, -0.2) is 24.6 Å². The SMILES string of the molecule is CC(=O)N(C)c1ccc(NC(=O)c2oc3c(c2C)C(=O)CC(C)(C)C3)cc1. The number of amides is 2. The average Bonchev–Trinajstić information content (AvgIpc) is 2.90. The minimum Gasteiger partial charge on any atom is -0.455 e. The van der Waals surface area contributed by atoms with Gasteiger partial charge >= 0.3 is 0 Å². The third-order valence-corrected chi connectivity index (χ3v) is 4.97. The normalized spacial score (nSPS) is 15.2. The monoisotopic (exact) mass is 368 g/mol. The number of rotatable bonds is 3. The lowest BCUT2D eigenvalue weighted by Gasteiger charge is -2.27. The standard InChI is InChI=1S/C21H24N2O4/c1-12-18-16(25)10-21(3,4)11-17(18)27-19(12)20(26)22-14-6-8-15(9-7-14)23(5)13(2)24/h6-9H,10-11H2,1-5H3,(H,22,26). The van der Waals surface area contributed by atoms with Gasteiger partial charge in [-0.3, -0.25) is 14.4 Å². The Kier molecular flexibility index (Phi) is 4.68. The van der Waals surface area contributed by atoms with E-state index < -0.39 is 0 Å². The van der Waals surface area contributed by atoms with Crippen molar-refractivity contribution in [1.82, 2.24) is 0 Å². The second-order valence-electron chi connectivity index (χ2n) is 7.87. The highest BCUT2D eigenvalue weighted by Gasteiger charge is 2.37. The van der Waals surface area contributed by atoms with Crippen molar-refractivity contribution in [1.29, 1.82) is 0 Å². The van der Waals surface area contributed by atoms with Crippen molar-refractivity contribution in [2.45, 2.75) is 40.5 Å². The number of hydrogen-bond acceptors (Lipinski definition) is 4. The van der Waals surface area contributed by atoms with Crippen molar-refractivity contribution in [3.05, 3.63) is 46.9 Å². The van der Waals surface area contributed by atoms with Crippen LogP contribution in [0, 0.1) is 12.3 Å². The van der Waals surface area contributed by atoms with Gasteiger partial charge in [-0.25, -0.2) is 0 Å². The van der Waals surface area contributed by atoms with Crippen molar-refractivity contribution in [2.75, 3.05) is 17.3 Å². The summed E-state index contributed by atoms with van der Waals surface area (Å²) in [5, 5.41) is 2.79. The first-order chi connectivity index (χ1) is 12.6. The van der Waals surface area contributed by atoms with E-state index in [4.69, 9.17) is 4.42 Å². The molecule has 0 radical (unpaired) electrons. The molecule has 2 aromatic rings. The number of furan rings is 1. The minimum atomic E-state index is -0.389. The summed E-state index contributed by atoms with van der Waals surface area (Å²) in [5.74, 6) is 0.336. The maximum absolute atomic E-state index is 12.7. The Morgan fingerprint density at radius 1 is 1.15 bits per heavy atom. The molecule has 0 fully saturated rings. The van der Waals surface area contributed by atoms with Crippen LogP contribution in [0.3, 0.4) is 0 Å². The quantitative estimate of drug-likeness (QED) is 0.889. The first-order valence-electron chi connectivity index (χ1n) is 8.90. The van der Waals surface area contributed by atoms with E-state index in [9.17, 15) is 14.4 Å². The number of nitrogens with zero attached hydrogens (tertiary/aromatic N) is 1. The molecular formula is C21H24N2O4. The number of nitrogens with one attached hydrogen (secondary N) is 1. The molecule has 1 heterocycles. The van der Waals surface area contributed by atoms with Gasteiger partial charge in [-0.05, 0) is 36.6 Å². The summed E-state index contributed by atoms with van der Waals surface area (Å²) in [6.45, 7) is 7.27. The Bertz CT molecular complexity index is 922. The third-order valence-electron chi connectivity index (χ3n) is 4.97. The summed E-state index contributed by atoms with van der Waals surface area (Å²) in [4.78, 5) is 38.0. The first-order valence-corrected chi connectivity index (χ1v) is 8.90. The molecule has 142 valence electrons. The number of hydrogen-bond donors (Lipinski definition) is 1. The Labute approximate surface area is 158 Å². The molecule has 1 aromatic heterocycles. The van der Waals surface area contributed by atoms with E-state index >= 15 is 0 Å². The highest BCUT2D eigenvalue weighted by molar-refractivity contribution is 6.07. The van der Waals surface area contributed by atoms with E-state index in [2.05, 4.69) is 5.32 Å². The van der Waals surface area contributed by atoms with Gasteiger partial charge in [0.25, 0.3) is 5.91 Å². The van der Waals surface area contributed by atoms with E-state index in [1.54, 1.807) is 38.2 Å². The number of ketones is 1. The zero-order valence-electron chi connectivity index (χ0n) is 16.3. The maximum atomic E-state index is 12.7. The number of carbonyl (C=O) groups is 3. The molecule has 0 spiro atoms. The van der Waals surface area contributed by atoms with Crippen LogP contribution >= 0.6 is 0 Å². The number of carbonyl (C=O) groups excluding carboxylic acids is 3. The third kappa shape index (κ3) is 3.65. The molecule has 1 aromatic carbocycles. The Morgan fingerprint density at radius 2 is 1.78 bits per heavy atom. The number of benzene rings is 1. The summed E-state index contributed by atoms with van der Waals surface area (Å²) in [7, 11) is 1.69. The second kappa shape index (κ2) is 6.68. The van der Waals surface area contributed by atoms with Crippen LogP contribution in [0.15, 0.2) is 28.7 Å². The van der Waals surface area contributed by atoms with Crippen LogP contribution in [-0.2, 0) is 11.2 Å². The molecule has 0 unspecified atom stereocenters. The molecule has 6 nitrogen and oxygen atoms in total. The molecule has 0 aliphatic heterocycles. The van der Waals surface area contributed by atoms with Crippen molar-refractivity contribution in [2.24, 2.45) is 5.41 Å². The van der Waals surface area contributed by atoms with Gasteiger partial charge in [-0.1, -0.05) is 13.8 Å². The summed E-state index contributed by atoms with van der Waals surface area (Å²) >= 11 is 0. The van der Waals surface area contributed by atoms with E-state index in [1.807, 2.05) is 13.8 Å². The topological polar surface area (TPSA) is 79.6 Å². The summed E-state index contributed by atoms with van der Waals surface area (Å²) in [6, 6.07) is 6.95. The van der Waals surface area contributed by atoms with Gasteiger partial charge in [0.1, 0.15) is 5.76 Å². The van der Waals surface area contributed by atoms with Crippen LogP contribution in [0.25, 0.3) is 0 Å². The van der Waals surface area contributed by atoms with E-state index in [-0.39, 0.29) is 28.8 Å². The van der Waals surface area contributed by atoms with Crippen LogP contribution in [0.2, 0.25) is 0 Å². The zero-order chi connectivity index (χ0) is 19.9. The number of anilines is 2. The molecule has 1 N–H and O–H groups in total. The number of fused-ring (bicyclic) bond motifs is 1. The fourth-order valence-corrected chi connectivity index (χ4v) is 3.44. The largest absolute Gasteiger partial charge is 0.455 e. The van der Waals surface area contributed by atoms with Crippen molar-refractivity contribution < 1.29 is 18.8 Å². The molecule has 0 saturated heterocycles. The van der Waals surface area contributed by atoms with Gasteiger partial charge < -0.3 is 14.6 Å². The van der Waals surface area contributed by atoms with Crippen LogP contribution in [0.4, 0.5) is 11.4 Å². The smallest absolute Gasteiger partial charge is 0.291 e. The van der Waals surface area contributed by atoms with Crippen LogP contribution < -0.4 is 10.2 Å². The second-order valence-corrected chi connectivity index (χ2v) is 7.87. The molecular weight excluding hydrogens is 344 g/mol. The molecule has 0 bridgehead atoms. The molecule has 0 saturated carbocycles. The Balaban J connectivity index is 1.82. The van der Waals surface area contributed by atoms with Gasteiger partial charge in [-0.15, -0.1) is 0 Å². The lowest BCUT2D eigenvalue weighted by atomic mass is 9.76. The predicted octanol–water partition coefficient (Wildman–Crippen LogP) is 3.98. The fourth-order valence-electron chi connectivity index (χ4n) is 3.44. The minimum absolute atomic E-state index is 0.0261. The van der Waals surface area contributed by atoms with Crippen molar-refractivity contribution in [3.63, 3.8) is 0 Å². The van der Waals surface area contributed by atoms with Gasteiger partial charge in [0.2, 0.25) is 5.91 Å². The number of Topliss-reactive ketones (excluding diaryl/α,β-unsaturated/α-hetero) is 1. The highest BCUT2D eigenvalue weighted by atomic mass is 16.4. The van der Waals surface area contributed by atoms with Crippen molar-refractivity contribution >= 4 is 29.0 Å². The zero-order valence-corrected chi connectivity index (χ0v) is 16.3. The lowest BCUT2D eigenvalue weighted by Crippen LogP contribution is -2.26. The van der Waals surface area contributed by atoms with Gasteiger partial charge in [0, 0.05) is 43.8 Å². The molecule has 1 aliphatic carbocycles. The molecule has 3 rings (SSSR count). The Morgan fingerprint density at radius 3 is 2.37 bits per heavy atom. The van der Waals surface area contributed by atoms with E-state index in [1.165, 1.54) is 11.8 Å². The highest BCUT2D eigenvalue weighted by Crippen LogP contribution is 2.38. The summed E-state index contributed by atoms with van der Waals surface area (Å²) in [5.41, 5.74) is 2.30. The van der Waals surface area contributed by atoms with Crippen LogP contribution in [0.5, 0.6) is 0 Å². The molecule has 0 atom stereocenters. The van der Waals surface area contributed by atoms with Crippen LogP contribution in [0.1, 0.15) is 59.4 Å². The molecule has 27 heavy (non-hydrogen) atoms. The van der Waals surface area contributed by atoms with Gasteiger partial charge in [0.05, 0.1) is 5.56 Å².